The predicted octanol–water partition coefficient (Wildman–Crippen LogP) is 2.46. The Balaban J connectivity index is 1.24. The molecule has 2 N–H and O–H groups in total. The maximum absolute atomic E-state index is 13.1. The van der Waals surface area contributed by atoms with Gasteiger partial charge in [-0.2, -0.15) is 0 Å². The third-order valence-corrected chi connectivity index (χ3v) is 8.79. The van der Waals surface area contributed by atoms with Crippen molar-refractivity contribution >= 4 is 21.6 Å². The van der Waals surface area contributed by atoms with E-state index in [2.05, 4.69) is 24.3 Å². The summed E-state index contributed by atoms with van der Waals surface area (Å²) >= 11 is 0. The number of likely N-dealkylation sites (tertiary alicyclic amines) is 1. The second-order valence-corrected chi connectivity index (χ2v) is 11.7. The average Bonchev–Trinajstić information content (AvgIpc) is 3.33. The Morgan fingerprint density at radius 3 is 2.28 bits per heavy atom. The molecule has 5 rings (SSSR count). The van der Waals surface area contributed by atoms with E-state index in [0.717, 1.165) is 36.9 Å². The first kappa shape index (κ1) is 21.5. The largest absolute Gasteiger partial charge is 0.341 e. The van der Waals surface area contributed by atoms with Crippen LogP contribution in [0.3, 0.4) is 0 Å². The van der Waals surface area contributed by atoms with Crippen LogP contribution >= 0.6 is 0 Å². The van der Waals surface area contributed by atoms with Crippen LogP contribution < -0.4 is 10.0 Å². The van der Waals surface area contributed by atoms with Crippen molar-refractivity contribution in [1.29, 1.82) is 0 Å². The second-order valence-electron chi connectivity index (χ2n) is 9.78. The van der Waals surface area contributed by atoms with Gasteiger partial charge in [0, 0.05) is 25.0 Å². The number of para-hydroxylation sites is 1. The van der Waals surface area contributed by atoms with Crippen LogP contribution in [-0.2, 0) is 33.1 Å². The van der Waals surface area contributed by atoms with E-state index in [1.54, 1.807) is 0 Å². The van der Waals surface area contributed by atoms with Crippen LogP contribution in [0.2, 0.25) is 0 Å². The molecule has 0 bridgehead atoms. The number of carbonyl (C=O) groups is 1. The lowest BCUT2D eigenvalue weighted by Gasteiger charge is -2.40. The molecule has 1 atom stereocenters. The monoisotopic (exact) mass is 453 g/mol. The number of rotatable bonds is 4. The van der Waals surface area contributed by atoms with Gasteiger partial charge in [-0.3, -0.25) is 9.10 Å². The molecule has 2 aromatic rings. The van der Waals surface area contributed by atoms with E-state index in [1.807, 2.05) is 29.2 Å². The zero-order chi connectivity index (χ0) is 22.5. The van der Waals surface area contributed by atoms with Gasteiger partial charge in [0.1, 0.15) is 0 Å². The van der Waals surface area contributed by atoms with Gasteiger partial charge < -0.3 is 10.6 Å². The fourth-order valence-corrected chi connectivity index (χ4v) is 6.97. The van der Waals surface area contributed by atoms with Crippen LogP contribution in [0.25, 0.3) is 0 Å². The van der Waals surface area contributed by atoms with E-state index >= 15 is 0 Å². The maximum atomic E-state index is 13.1. The minimum Gasteiger partial charge on any atom is -0.341 e. The highest BCUT2D eigenvalue weighted by Gasteiger charge is 2.47. The molecule has 1 aliphatic carbocycles. The molecule has 2 aliphatic heterocycles. The first-order valence-corrected chi connectivity index (χ1v) is 13.3. The summed E-state index contributed by atoms with van der Waals surface area (Å²) in [5, 5.41) is 0. The van der Waals surface area contributed by atoms with Crippen molar-refractivity contribution in [1.82, 2.24) is 4.90 Å². The zero-order valence-corrected chi connectivity index (χ0v) is 19.4. The van der Waals surface area contributed by atoms with Crippen LogP contribution in [0.5, 0.6) is 0 Å². The normalized spacial score (nSPS) is 20.9. The molecule has 0 aromatic heterocycles. The predicted molar refractivity (Wildman–Crippen MR) is 126 cm³/mol. The van der Waals surface area contributed by atoms with Crippen molar-refractivity contribution in [3.05, 3.63) is 65.2 Å². The van der Waals surface area contributed by atoms with Crippen molar-refractivity contribution in [2.24, 2.45) is 11.7 Å². The Labute approximate surface area is 190 Å². The minimum absolute atomic E-state index is 0.0297. The van der Waals surface area contributed by atoms with Gasteiger partial charge >= 0.3 is 0 Å². The second kappa shape index (κ2) is 7.89. The quantitative estimate of drug-likeness (QED) is 0.771. The fourth-order valence-electron chi connectivity index (χ4n) is 5.97. The zero-order valence-electron chi connectivity index (χ0n) is 18.5. The molecule has 170 valence electrons. The first-order valence-electron chi connectivity index (χ1n) is 11.5. The summed E-state index contributed by atoms with van der Waals surface area (Å²) in [4.78, 5) is 15.0. The number of hydrogen-bond acceptors (Lipinski definition) is 4. The van der Waals surface area contributed by atoms with Gasteiger partial charge in [-0.25, -0.2) is 8.42 Å². The van der Waals surface area contributed by atoms with Crippen LogP contribution in [0.4, 0.5) is 5.69 Å². The number of fused-ring (bicyclic) bond motifs is 3. The van der Waals surface area contributed by atoms with Gasteiger partial charge in [-0.1, -0.05) is 42.5 Å². The summed E-state index contributed by atoms with van der Waals surface area (Å²) in [5.74, 6) is 0.453. The Hall–Kier alpha value is -2.38. The lowest BCUT2D eigenvalue weighted by atomic mass is 9.74. The molecule has 1 fully saturated rings. The van der Waals surface area contributed by atoms with E-state index < -0.39 is 16.1 Å². The number of sulfonamides is 1. The molecule has 7 heteroatoms. The number of benzene rings is 2. The van der Waals surface area contributed by atoms with Crippen molar-refractivity contribution in [2.45, 2.75) is 43.6 Å². The van der Waals surface area contributed by atoms with E-state index in [9.17, 15) is 13.2 Å². The van der Waals surface area contributed by atoms with Gasteiger partial charge in [0.2, 0.25) is 15.9 Å². The molecule has 0 radical (unpaired) electrons. The number of anilines is 1. The lowest BCUT2D eigenvalue weighted by molar-refractivity contribution is -0.134. The molecular formula is C25H31N3O3S. The van der Waals surface area contributed by atoms with Crippen LogP contribution in [0.1, 0.15) is 36.0 Å². The van der Waals surface area contributed by atoms with Crippen molar-refractivity contribution < 1.29 is 13.2 Å². The fraction of sp³-hybridized carbons (Fsp3) is 0.480. The SMILES string of the molecule is CS(=O)(=O)N1CC2(CCN(C(=O)[C@@H](N)CC3Cc4ccccc4C3)CC2)c2ccccc21. The molecule has 1 amide bonds. The van der Waals surface area contributed by atoms with Gasteiger partial charge in [-0.15, -0.1) is 0 Å². The summed E-state index contributed by atoms with van der Waals surface area (Å²) in [6.45, 7) is 1.69. The number of nitrogens with zero attached hydrogens (tertiary/aromatic N) is 2. The van der Waals surface area contributed by atoms with Gasteiger partial charge in [0.15, 0.2) is 0 Å². The van der Waals surface area contributed by atoms with E-state index in [4.69, 9.17) is 5.73 Å². The molecular weight excluding hydrogens is 422 g/mol. The Kier molecular flexibility index (Phi) is 5.29. The van der Waals surface area contributed by atoms with Crippen LogP contribution in [-0.4, -0.2) is 51.2 Å². The smallest absolute Gasteiger partial charge is 0.239 e. The summed E-state index contributed by atoms with van der Waals surface area (Å²) in [6, 6.07) is 15.8. The van der Waals surface area contributed by atoms with Crippen LogP contribution in [0.15, 0.2) is 48.5 Å². The van der Waals surface area contributed by atoms with Gasteiger partial charge in [0.05, 0.1) is 18.0 Å². The molecule has 0 unspecified atom stereocenters. The summed E-state index contributed by atoms with van der Waals surface area (Å²) in [5.41, 5.74) is 10.8. The van der Waals surface area contributed by atoms with Gasteiger partial charge in [0.25, 0.3) is 0 Å². The molecule has 0 saturated carbocycles. The highest BCUT2D eigenvalue weighted by Crippen LogP contribution is 2.47. The Bertz CT molecular complexity index is 1110. The van der Waals surface area contributed by atoms with Crippen molar-refractivity contribution in [3.63, 3.8) is 0 Å². The lowest BCUT2D eigenvalue weighted by Crippen LogP contribution is -2.52. The molecule has 32 heavy (non-hydrogen) atoms. The number of carbonyl (C=O) groups excluding carboxylic acids is 1. The molecule has 2 aromatic carbocycles. The number of amides is 1. The average molecular weight is 454 g/mol. The number of piperidine rings is 1. The molecule has 3 aliphatic rings. The number of hydrogen-bond donors (Lipinski definition) is 1. The topological polar surface area (TPSA) is 83.7 Å². The van der Waals surface area contributed by atoms with E-state index in [0.29, 0.717) is 32.0 Å². The summed E-state index contributed by atoms with van der Waals surface area (Å²) < 4.78 is 26.3. The van der Waals surface area contributed by atoms with E-state index in [1.165, 1.54) is 21.7 Å². The van der Waals surface area contributed by atoms with Gasteiger partial charge in [-0.05, 0) is 60.8 Å². The molecule has 1 saturated heterocycles. The standard InChI is InChI=1S/C25H31N3O3S/c1-32(30,31)28-17-25(21-8-4-5-9-23(21)28)10-12-27(13-11-25)24(29)22(26)16-18-14-19-6-2-3-7-20(19)15-18/h2-9,18,22H,10-17,26H2,1H3/t22-/m0/s1. The Morgan fingerprint density at radius 2 is 1.66 bits per heavy atom. The highest BCUT2D eigenvalue weighted by molar-refractivity contribution is 7.92. The molecule has 1 spiro atoms. The molecule has 6 nitrogen and oxygen atoms in total. The maximum Gasteiger partial charge on any atom is 0.239 e. The summed E-state index contributed by atoms with van der Waals surface area (Å²) in [6.07, 6.45) is 5.48. The third kappa shape index (κ3) is 3.71. The highest BCUT2D eigenvalue weighted by atomic mass is 32.2. The van der Waals surface area contributed by atoms with E-state index in [-0.39, 0.29) is 11.3 Å². The molecule has 2 heterocycles. The Morgan fingerprint density at radius 1 is 1.06 bits per heavy atom. The van der Waals surface area contributed by atoms with Crippen molar-refractivity contribution in [3.8, 4) is 0 Å². The summed E-state index contributed by atoms with van der Waals surface area (Å²) in [7, 11) is -3.34. The number of nitrogens with two attached hydrogens (primary N) is 1. The minimum atomic E-state index is -3.34. The third-order valence-electron chi connectivity index (χ3n) is 7.66. The first-order chi connectivity index (χ1) is 15.3. The van der Waals surface area contributed by atoms with Crippen LogP contribution in [0, 0.1) is 5.92 Å². The van der Waals surface area contributed by atoms with Crippen molar-refractivity contribution in [2.75, 3.05) is 30.2 Å².